The Morgan fingerprint density at radius 1 is 1.44 bits per heavy atom. The molecule has 1 saturated carbocycles. The van der Waals surface area contributed by atoms with Crippen molar-refractivity contribution < 1.29 is 4.79 Å². The maximum atomic E-state index is 11.9. The van der Waals surface area contributed by atoms with Crippen molar-refractivity contribution in [3.63, 3.8) is 0 Å². The van der Waals surface area contributed by atoms with Crippen LogP contribution >= 0.6 is 11.3 Å². The molecule has 1 aliphatic rings. The number of nitrogens with zero attached hydrogens (tertiary/aromatic N) is 1. The van der Waals surface area contributed by atoms with Gasteiger partial charge in [0.2, 0.25) is 0 Å². The smallest absolute Gasteiger partial charge is 0.186 e. The number of likely N-dealkylation sites (N-methyl/N-ethyl adjacent to an activating group) is 1. The zero-order valence-electron chi connectivity index (χ0n) is 9.82. The Balaban J connectivity index is 1.86. The van der Waals surface area contributed by atoms with E-state index in [2.05, 4.69) is 11.9 Å². The Bertz CT molecular complexity index is 328. The van der Waals surface area contributed by atoms with Gasteiger partial charge in [-0.3, -0.25) is 9.69 Å². The van der Waals surface area contributed by atoms with Crippen LogP contribution in [0.5, 0.6) is 0 Å². The first kappa shape index (κ1) is 11.8. The van der Waals surface area contributed by atoms with Crippen LogP contribution in [0.2, 0.25) is 0 Å². The molecular formula is C13H19NOS. The minimum atomic E-state index is 0.267. The molecular weight excluding hydrogens is 218 g/mol. The Labute approximate surface area is 101 Å². The molecule has 1 aliphatic carbocycles. The number of hydrogen-bond donors (Lipinski definition) is 0. The first-order chi connectivity index (χ1) is 7.77. The van der Waals surface area contributed by atoms with Crippen molar-refractivity contribution in [2.24, 2.45) is 0 Å². The molecule has 0 aromatic carbocycles. The van der Waals surface area contributed by atoms with Crippen molar-refractivity contribution in [2.75, 3.05) is 13.6 Å². The first-order valence-corrected chi connectivity index (χ1v) is 6.92. The van der Waals surface area contributed by atoms with Gasteiger partial charge in [0.25, 0.3) is 0 Å². The van der Waals surface area contributed by atoms with Crippen LogP contribution in [0.3, 0.4) is 0 Å². The average molecular weight is 237 g/mol. The predicted molar refractivity (Wildman–Crippen MR) is 68.2 cm³/mol. The van der Waals surface area contributed by atoms with E-state index in [1.165, 1.54) is 32.1 Å². The normalized spacial score (nSPS) is 17.9. The third-order valence-corrected chi connectivity index (χ3v) is 4.30. The van der Waals surface area contributed by atoms with Crippen molar-refractivity contribution in [1.29, 1.82) is 0 Å². The lowest BCUT2D eigenvalue weighted by Gasteiger charge is -2.30. The molecule has 2 rings (SSSR count). The Morgan fingerprint density at radius 3 is 2.81 bits per heavy atom. The van der Waals surface area contributed by atoms with E-state index in [0.717, 1.165) is 4.88 Å². The molecule has 0 atom stereocenters. The van der Waals surface area contributed by atoms with Gasteiger partial charge in [-0.05, 0) is 31.3 Å². The summed E-state index contributed by atoms with van der Waals surface area (Å²) in [5, 5.41) is 1.97. The molecule has 88 valence electrons. The molecule has 1 aromatic rings. The van der Waals surface area contributed by atoms with Crippen LogP contribution < -0.4 is 0 Å². The Kier molecular flexibility index (Phi) is 4.13. The van der Waals surface area contributed by atoms with Gasteiger partial charge < -0.3 is 0 Å². The van der Waals surface area contributed by atoms with Crippen LogP contribution in [0, 0.1) is 0 Å². The summed E-state index contributed by atoms with van der Waals surface area (Å²) < 4.78 is 0. The highest BCUT2D eigenvalue weighted by atomic mass is 32.1. The van der Waals surface area contributed by atoms with Crippen molar-refractivity contribution in [3.05, 3.63) is 22.4 Å². The van der Waals surface area contributed by atoms with E-state index in [1.807, 2.05) is 17.5 Å². The minimum Gasteiger partial charge on any atom is -0.296 e. The van der Waals surface area contributed by atoms with E-state index < -0.39 is 0 Å². The molecule has 2 nitrogen and oxygen atoms in total. The molecule has 0 saturated heterocycles. The van der Waals surface area contributed by atoms with E-state index in [0.29, 0.717) is 12.6 Å². The third-order valence-electron chi connectivity index (χ3n) is 3.39. The number of thiophene rings is 1. The van der Waals surface area contributed by atoms with Crippen LogP contribution in [-0.4, -0.2) is 30.3 Å². The predicted octanol–water partition coefficient (Wildman–Crippen LogP) is 3.20. The average Bonchev–Trinajstić information content (AvgIpc) is 2.83. The lowest BCUT2D eigenvalue weighted by atomic mass is 9.94. The summed E-state index contributed by atoms with van der Waals surface area (Å²) in [6.07, 6.45) is 6.52. The third kappa shape index (κ3) is 2.92. The van der Waals surface area contributed by atoms with E-state index in [4.69, 9.17) is 0 Å². The molecule has 3 heteroatoms. The van der Waals surface area contributed by atoms with Crippen LogP contribution in [0.1, 0.15) is 41.8 Å². The van der Waals surface area contributed by atoms with Gasteiger partial charge in [-0.1, -0.05) is 25.3 Å². The number of carbonyl (C=O) groups excluding carboxylic acids is 1. The summed E-state index contributed by atoms with van der Waals surface area (Å²) in [5.41, 5.74) is 0. The second kappa shape index (κ2) is 5.60. The van der Waals surface area contributed by atoms with E-state index in [1.54, 1.807) is 11.3 Å². The van der Waals surface area contributed by atoms with Gasteiger partial charge >= 0.3 is 0 Å². The van der Waals surface area contributed by atoms with Gasteiger partial charge in [-0.25, -0.2) is 0 Å². The summed E-state index contributed by atoms with van der Waals surface area (Å²) >= 11 is 1.54. The SMILES string of the molecule is CN(CC(=O)c1cccs1)C1CCCCC1. The van der Waals surface area contributed by atoms with Gasteiger partial charge in [0, 0.05) is 6.04 Å². The summed E-state index contributed by atoms with van der Waals surface area (Å²) in [6, 6.07) is 4.48. The zero-order chi connectivity index (χ0) is 11.4. The standard InChI is InChI=1S/C13H19NOS/c1-14(11-6-3-2-4-7-11)10-12(15)13-8-5-9-16-13/h5,8-9,11H,2-4,6-7,10H2,1H3. The fourth-order valence-electron chi connectivity index (χ4n) is 2.39. The second-order valence-corrected chi connectivity index (χ2v) is 5.56. The molecule has 0 unspecified atom stereocenters. The van der Waals surface area contributed by atoms with E-state index in [-0.39, 0.29) is 5.78 Å². The number of hydrogen-bond acceptors (Lipinski definition) is 3. The molecule has 0 aliphatic heterocycles. The van der Waals surface area contributed by atoms with Crippen molar-refractivity contribution in [3.8, 4) is 0 Å². The van der Waals surface area contributed by atoms with Crippen LogP contribution in [0.25, 0.3) is 0 Å². The van der Waals surface area contributed by atoms with Crippen LogP contribution in [0.4, 0.5) is 0 Å². The number of carbonyl (C=O) groups is 1. The molecule has 0 bridgehead atoms. The van der Waals surface area contributed by atoms with Crippen LogP contribution in [0.15, 0.2) is 17.5 Å². The fraction of sp³-hybridized carbons (Fsp3) is 0.615. The summed E-state index contributed by atoms with van der Waals surface area (Å²) in [5.74, 6) is 0.267. The van der Waals surface area contributed by atoms with Crippen molar-refractivity contribution in [1.82, 2.24) is 4.90 Å². The summed E-state index contributed by atoms with van der Waals surface area (Å²) in [4.78, 5) is 15.1. The lowest BCUT2D eigenvalue weighted by molar-refractivity contribution is 0.0903. The number of rotatable bonds is 4. The quantitative estimate of drug-likeness (QED) is 0.750. The molecule has 0 radical (unpaired) electrons. The maximum absolute atomic E-state index is 11.9. The monoisotopic (exact) mass is 237 g/mol. The van der Waals surface area contributed by atoms with Gasteiger partial charge in [0.05, 0.1) is 11.4 Å². The maximum Gasteiger partial charge on any atom is 0.186 e. The molecule has 0 amide bonds. The molecule has 16 heavy (non-hydrogen) atoms. The minimum absolute atomic E-state index is 0.267. The first-order valence-electron chi connectivity index (χ1n) is 6.04. The van der Waals surface area contributed by atoms with Crippen molar-refractivity contribution >= 4 is 17.1 Å². The van der Waals surface area contributed by atoms with Gasteiger partial charge in [-0.2, -0.15) is 0 Å². The Hall–Kier alpha value is -0.670. The topological polar surface area (TPSA) is 20.3 Å². The molecule has 1 aromatic heterocycles. The highest BCUT2D eigenvalue weighted by Crippen LogP contribution is 2.22. The molecule has 0 spiro atoms. The molecule has 0 N–H and O–H groups in total. The second-order valence-electron chi connectivity index (χ2n) is 4.61. The highest BCUT2D eigenvalue weighted by Gasteiger charge is 2.20. The van der Waals surface area contributed by atoms with Crippen molar-refractivity contribution in [2.45, 2.75) is 38.1 Å². The number of ketones is 1. The molecule has 1 heterocycles. The summed E-state index contributed by atoms with van der Waals surface area (Å²) in [7, 11) is 2.08. The summed E-state index contributed by atoms with van der Waals surface area (Å²) in [6.45, 7) is 0.575. The zero-order valence-corrected chi connectivity index (χ0v) is 10.6. The largest absolute Gasteiger partial charge is 0.296 e. The fourth-order valence-corrected chi connectivity index (χ4v) is 3.05. The highest BCUT2D eigenvalue weighted by molar-refractivity contribution is 7.12. The number of Topliss-reactive ketones (excluding diaryl/α,β-unsaturated/α-hetero) is 1. The van der Waals surface area contributed by atoms with Gasteiger partial charge in [0.15, 0.2) is 5.78 Å². The lowest BCUT2D eigenvalue weighted by Crippen LogP contribution is -2.37. The van der Waals surface area contributed by atoms with Crippen LogP contribution in [-0.2, 0) is 0 Å². The van der Waals surface area contributed by atoms with Gasteiger partial charge in [-0.15, -0.1) is 11.3 Å². The molecule has 1 fully saturated rings. The van der Waals surface area contributed by atoms with E-state index >= 15 is 0 Å². The van der Waals surface area contributed by atoms with E-state index in [9.17, 15) is 4.79 Å². The Morgan fingerprint density at radius 2 is 2.19 bits per heavy atom. The van der Waals surface area contributed by atoms with Gasteiger partial charge in [0.1, 0.15) is 0 Å².